The molecule has 0 aliphatic carbocycles. The Kier molecular flexibility index (Phi) is 8.19. The molecule has 2 N–H and O–H groups in total. The van der Waals surface area contributed by atoms with Crippen LogP contribution < -0.4 is 5.32 Å². The topological polar surface area (TPSA) is 72.9 Å². The molecule has 1 aliphatic rings. The fourth-order valence-electron chi connectivity index (χ4n) is 3.61. The highest BCUT2D eigenvalue weighted by atomic mass is 19.1. The van der Waals surface area contributed by atoms with Crippen molar-refractivity contribution in [3.8, 4) is 0 Å². The van der Waals surface area contributed by atoms with E-state index in [1.807, 2.05) is 18.7 Å². The van der Waals surface area contributed by atoms with Crippen molar-refractivity contribution in [2.45, 2.75) is 45.2 Å². The zero-order chi connectivity index (χ0) is 19.8. The number of likely N-dealkylation sites (N-methyl/N-ethyl adjacent to an activating group) is 1. The second-order valence-electron chi connectivity index (χ2n) is 7.07. The number of hydrogen-bond donors (Lipinski definition) is 2. The largest absolute Gasteiger partial charge is 0.480 e. The number of rotatable bonds is 9. The molecule has 150 valence electrons. The third kappa shape index (κ3) is 6.59. The number of amides is 1. The van der Waals surface area contributed by atoms with Crippen LogP contribution in [0.5, 0.6) is 0 Å². The van der Waals surface area contributed by atoms with Gasteiger partial charge in [-0.2, -0.15) is 0 Å². The van der Waals surface area contributed by atoms with E-state index in [-0.39, 0.29) is 30.4 Å². The van der Waals surface area contributed by atoms with Gasteiger partial charge < -0.3 is 10.4 Å². The van der Waals surface area contributed by atoms with Crippen LogP contribution in [0.15, 0.2) is 24.3 Å². The molecule has 1 saturated heterocycles. The maximum atomic E-state index is 12.9. The summed E-state index contributed by atoms with van der Waals surface area (Å²) < 4.78 is 12.9. The van der Waals surface area contributed by atoms with Crippen molar-refractivity contribution < 1.29 is 19.1 Å². The van der Waals surface area contributed by atoms with Crippen molar-refractivity contribution in [3.63, 3.8) is 0 Å². The molecular weight excluding hydrogens is 349 g/mol. The second-order valence-corrected chi connectivity index (χ2v) is 7.07. The number of nitrogens with zero attached hydrogens (tertiary/aromatic N) is 2. The van der Waals surface area contributed by atoms with Gasteiger partial charge in [0.15, 0.2) is 0 Å². The van der Waals surface area contributed by atoms with Crippen LogP contribution >= 0.6 is 0 Å². The van der Waals surface area contributed by atoms with E-state index in [0.29, 0.717) is 13.0 Å². The first-order valence-corrected chi connectivity index (χ1v) is 9.62. The van der Waals surface area contributed by atoms with Gasteiger partial charge in [-0.1, -0.05) is 19.1 Å². The Morgan fingerprint density at radius 1 is 1.30 bits per heavy atom. The summed E-state index contributed by atoms with van der Waals surface area (Å²) in [7, 11) is 0. The van der Waals surface area contributed by atoms with Gasteiger partial charge in [0.2, 0.25) is 5.91 Å². The van der Waals surface area contributed by atoms with Gasteiger partial charge >= 0.3 is 5.97 Å². The molecule has 7 heteroatoms. The number of halogens is 1. The minimum absolute atomic E-state index is 0.00607. The van der Waals surface area contributed by atoms with E-state index < -0.39 is 5.97 Å². The molecule has 1 amide bonds. The summed E-state index contributed by atoms with van der Waals surface area (Å²) in [4.78, 5) is 27.5. The molecule has 1 atom stereocenters. The zero-order valence-electron chi connectivity index (χ0n) is 16.2. The maximum absolute atomic E-state index is 12.9. The van der Waals surface area contributed by atoms with Gasteiger partial charge in [0.1, 0.15) is 5.82 Å². The predicted molar refractivity (Wildman–Crippen MR) is 102 cm³/mol. The Labute approximate surface area is 160 Å². The lowest BCUT2D eigenvalue weighted by atomic mass is 10.0. The third-order valence-electron chi connectivity index (χ3n) is 5.31. The molecule has 0 bridgehead atoms. The highest BCUT2D eigenvalue weighted by Crippen LogP contribution is 2.18. The Morgan fingerprint density at radius 2 is 1.93 bits per heavy atom. The summed E-state index contributed by atoms with van der Waals surface area (Å²) in [5.41, 5.74) is 0.989. The Bertz CT molecular complexity index is 615. The summed E-state index contributed by atoms with van der Waals surface area (Å²) in [5, 5.41) is 12.0. The molecule has 2 rings (SSSR count). The Hall–Kier alpha value is -1.99. The zero-order valence-corrected chi connectivity index (χ0v) is 16.2. The fourth-order valence-corrected chi connectivity index (χ4v) is 3.61. The van der Waals surface area contributed by atoms with Crippen LogP contribution in [-0.2, 0) is 16.0 Å². The number of piperidine rings is 1. The van der Waals surface area contributed by atoms with Gasteiger partial charge in [-0.15, -0.1) is 0 Å². The van der Waals surface area contributed by atoms with Crippen LogP contribution in [0.25, 0.3) is 0 Å². The summed E-state index contributed by atoms with van der Waals surface area (Å²) in [6.45, 7) is 6.76. The highest BCUT2D eigenvalue weighted by molar-refractivity contribution is 5.81. The van der Waals surface area contributed by atoms with Crippen molar-refractivity contribution in [2.24, 2.45) is 0 Å². The minimum Gasteiger partial charge on any atom is -0.480 e. The molecule has 27 heavy (non-hydrogen) atoms. The number of likely N-dealkylation sites (tertiary alicyclic amines) is 1. The first-order valence-electron chi connectivity index (χ1n) is 9.62. The molecular formula is C20H30FN3O3. The number of nitrogens with one attached hydrogen (secondary N) is 1. The standard InChI is InChI=1S/C20H30FN3O3/c1-3-23(14-19(25)26)18-9-12-24(13-10-18)15(2)20(27)22-11-8-16-4-6-17(21)7-5-16/h4-7,15,18H,3,8-14H2,1-2H3,(H,22,27)(H,25,26). The second kappa shape index (κ2) is 10.4. The predicted octanol–water partition coefficient (Wildman–Crippen LogP) is 1.74. The average molecular weight is 379 g/mol. The molecule has 1 aliphatic heterocycles. The van der Waals surface area contributed by atoms with E-state index in [9.17, 15) is 14.0 Å². The van der Waals surface area contributed by atoms with E-state index in [2.05, 4.69) is 10.2 Å². The van der Waals surface area contributed by atoms with Crippen molar-refractivity contribution >= 4 is 11.9 Å². The number of carboxylic acid groups (broad SMARTS) is 1. The average Bonchev–Trinajstić information content (AvgIpc) is 2.67. The van der Waals surface area contributed by atoms with Crippen molar-refractivity contribution in [1.29, 1.82) is 0 Å². The van der Waals surface area contributed by atoms with E-state index in [4.69, 9.17) is 5.11 Å². The van der Waals surface area contributed by atoms with E-state index in [0.717, 1.165) is 38.0 Å². The Balaban J connectivity index is 1.74. The van der Waals surface area contributed by atoms with Gasteiger partial charge in [0.05, 0.1) is 12.6 Å². The minimum atomic E-state index is -0.798. The molecule has 1 unspecified atom stereocenters. The first kappa shape index (κ1) is 21.3. The number of hydrogen-bond acceptors (Lipinski definition) is 4. The van der Waals surface area contributed by atoms with Crippen LogP contribution in [0.2, 0.25) is 0 Å². The lowest BCUT2D eigenvalue weighted by Gasteiger charge is -2.39. The molecule has 0 saturated carbocycles. The maximum Gasteiger partial charge on any atom is 0.317 e. The van der Waals surface area contributed by atoms with Crippen LogP contribution in [0.4, 0.5) is 4.39 Å². The summed E-state index contributed by atoms with van der Waals surface area (Å²) in [6.07, 6.45) is 2.41. The summed E-state index contributed by atoms with van der Waals surface area (Å²) >= 11 is 0. The molecule has 1 fully saturated rings. The van der Waals surface area contributed by atoms with E-state index in [1.165, 1.54) is 12.1 Å². The van der Waals surface area contributed by atoms with Gasteiger partial charge in [-0.25, -0.2) is 4.39 Å². The normalized spacial score (nSPS) is 17.0. The monoisotopic (exact) mass is 379 g/mol. The number of benzene rings is 1. The van der Waals surface area contributed by atoms with Crippen LogP contribution in [0.1, 0.15) is 32.3 Å². The van der Waals surface area contributed by atoms with Gasteiger partial charge in [-0.3, -0.25) is 19.4 Å². The number of carbonyl (C=O) groups excluding carboxylic acids is 1. The molecule has 1 heterocycles. The molecule has 1 aromatic rings. The molecule has 0 radical (unpaired) electrons. The van der Waals surface area contributed by atoms with Crippen LogP contribution in [0, 0.1) is 5.82 Å². The number of carbonyl (C=O) groups is 2. The molecule has 0 spiro atoms. The van der Waals surface area contributed by atoms with Crippen molar-refractivity contribution in [1.82, 2.24) is 15.1 Å². The quantitative estimate of drug-likeness (QED) is 0.684. The van der Waals surface area contributed by atoms with Crippen LogP contribution in [0.3, 0.4) is 0 Å². The number of aliphatic carboxylic acids is 1. The fraction of sp³-hybridized carbons (Fsp3) is 0.600. The molecule has 6 nitrogen and oxygen atoms in total. The highest BCUT2D eigenvalue weighted by Gasteiger charge is 2.29. The third-order valence-corrected chi connectivity index (χ3v) is 5.31. The van der Waals surface area contributed by atoms with Gasteiger partial charge in [0.25, 0.3) is 0 Å². The SMILES string of the molecule is CCN(CC(=O)O)C1CCN(C(C)C(=O)NCCc2ccc(F)cc2)CC1. The Morgan fingerprint density at radius 3 is 2.48 bits per heavy atom. The van der Waals surface area contributed by atoms with Crippen molar-refractivity contribution in [3.05, 3.63) is 35.6 Å². The summed E-state index contributed by atoms with van der Waals surface area (Å²) in [6, 6.07) is 6.35. The van der Waals surface area contributed by atoms with Crippen molar-refractivity contribution in [2.75, 3.05) is 32.7 Å². The lowest BCUT2D eigenvalue weighted by molar-refractivity contribution is -0.139. The van der Waals surface area contributed by atoms with Gasteiger partial charge in [-0.05, 0) is 50.4 Å². The van der Waals surface area contributed by atoms with Crippen LogP contribution in [-0.4, -0.2) is 71.6 Å². The van der Waals surface area contributed by atoms with Gasteiger partial charge in [0, 0.05) is 25.7 Å². The molecule has 0 aromatic heterocycles. The van der Waals surface area contributed by atoms with E-state index in [1.54, 1.807) is 12.1 Å². The smallest absolute Gasteiger partial charge is 0.317 e. The molecule has 1 aromatic carbocycles. The lowest BCUT2D eigenvalue weighted by Crippen LogP contribution is -2.52. The first-order chi connectivity index (χ1) is 12.9. The number of carboxylic acids is 1. The van der Waals surface area contributed by atoms with E-state index >= 15 is 0 Å². The summed E-state index contributed by atoms with van der Waals surface area (Å²) in [5.74, 6) is -1.06.